The first-order valence-corrected chi connectivity index (χ1v) is 15.9. The SMILES string of the molecule is CCCCC1=C(Cc2ccc(-c3ccccc3-c3nnn[nH]3)cc2)C(=O)N([C@H]2CC[C@H](OCC(C)(C)O)CC2)C2CC=NN12. The molecule has 1 fully saturated rings. The highest BCUT2D eigenvalue weighted by molar-refractivity contribution is 5.96. The fourth-order valence-corrected chi connectivity index (χ4v) is 6.67. The molecular weight excluding hydrogens is 554 g/mol. The van der Waals surface area contributed by atoms with Gasteiger partial charge in [-0.3, -0.25) is 4.79 Å². The van der Waals surface area contributed by atoms with Crippen LogP contribution in [0.25, 0.3) is 22.5 Å². The number of amides is 1. The molecule has 3 heterocycles. The number of carbonyl (C=O) groups excluding carboxylic acids is 1. The Hall–Kier alpha value is -3.89. The number of rotatable bonds is 11. The molecule has 1 unspecified atom stereocenters. The summed E-state index contributed by atoms with van der Waals surface area (Å²) in [6, 6.07) is 16.7. The third-order valence-electron chi connectivity index (χ3n) is 8.89. The number of nitrogens with zero attached hydrogens (tertiary/aromatic N) is 6. The van der Waals surface area contributed by atoms with Gasteiger partial charge in [-0.05, 0) is 79.5 Å². The van der Waals surface area contributed by atoms with Gasteiger partial charge in [-0.1, -0.05) is 61.9 Å². The predicted molar refractivity (Wildman–Crippen MR) is 169 cm³/mol. The zero-order chi connectivity index (χ0) is 30.7. The predicted octanol–water partition coefficient (Wildman–Crippen LogP) is 5.48. The number of allylic oxidation sites excluding steroid dienone is 1. The summed E-state index contributed by atoms with van der Waals surface area (Å²) in [5.41, 5.74) is 5.21. The smallest absolute Gasteiger partial charge is 0.253 e. The van der Waals surface area contributed by atoms with Crippen molar-refractivity contribution in [2.45, 2.75) is 102 Å². The van der Waals surface area contributed by atoms with Crippen molar-refractivity contribution in [3.8, 4) is 22.5 Å². The molecule has 2 N–H and O–H groups in total. The third kappa shape index (κ3) is 6.46. The summed E-state index contributed by atoms with van der Waals surface area (Å²) in [6.45, 7) is 6.05. The molecular formula is C34H43N7O3. The highest BCUT2D eigenvalue weighted by atomic mass is 16.5. The summed E-state index contributed by atoms with van der Waals surface area (Å²) in [5, 5.41) is 31.5. The molecule has 10 nitrogen and oxygen atoms in total. The number of benzene rings is 2. The first-order chi connectivity index (χ1) is 21.3. The van der Waals surface area contributed by atoms with Gasteiger partial charge >= 0.3 is 0 Å². The fraction of sp³-hybridized carbons (Fsp3) is 0.500. The molecule has 1 aromatic heterocycles. The number of hydrazone groups is 1. The van der Waals surface area contributed by atoms with Crippen LogP contribution in [0.2, 0.25) is 0 Å². The number of H-pyrrole nitrogens is 1. The number of fused-ring (bicyclic) bond motifs is 1. The molecule has 10 heteroatoms. The average Bonchev–Trinajstić information content (AvgIpc) is 3.74. The first-order valence-electron chi connectivity index (χ1n) is 15.9. The number of aromatic nitrogens is 4. The molecule has 232 valence electrons. The van der Waals surface area contributed by atoms with E-state index in [0.29, 0.717) is 18.9 Å². The molecule has 3 aliphatic rings. The van der Waals surface area contributed by atoms with E-state index in [2.05, 4.69) is 67.8 Å². The lowest BCUT2D eigenvalue weighted by Gasteiger charge is -2.47. The fourth-order valence-electron chi connectivity index (χ4n) is 6.67. The molecule has 44 heavy (non-hydrogen) atoms. The van der Waals surface area contributed by atoms with Crippen LogP contribution in [0.15, 0.2) is 64.9 Å². The molecule has 2 aromatic carbocycles. The molecule has 0 bridgehead atoms. The highest BCUT2D eigenvalue weighted by Crippen LogP contribution is 2.39. The van der Waals surface area contributed by atoms with Gasteiger partial charge < -0.3 is 14.7 Å². The number of aromatic amines is 1. The molecule has 0 saturated heterocycles. The van der Waals surface area contributed by atoms with E-state index >= 15 is 0 Å². The summed E-state index contributed by atoms with van der Waals surface area (Å²) in [6.07, 6.45) is 9.79. The minimum absolute atomic E-state index is 0.0543. The van der Waals surface area contributed by atoms with E-state index in [9.17, 15) is 9.90 Å². The van der Waals surface area contributed by atoms with Crippen LogP contribution in [0, 0.1) is 0 Å². The maximum atomic E-state index is 14.4. The molecule has 0 radical (unpaired) electrons. The topological polar surface area (TPSA) is 120 Å². The molecule has 2 aliphatic heterocycles. The average molecular weight is 598 g/mol. The van der Waals surface area contributed by atoms with Gasteiger partial charge in [0.05, 0.1) is 18.3 Å². The van der Waals surface area contributed by atoms with Crippen LogP contribution in [0.5, 0.6) is 0 Å². The van der Waals surface area contributed by atoms with E-state index < -0.39 is 5.60 Å². The largest absolute Gasteiger partial charge is 0.388 e. The van der Waals surface area contributed by atoms with Crippen molar-refractivity contribution >= 4 is 12.1 Å². The van der Waals surface area contributed by atoms with Crippen molar-refractivity contribution in [3.05, 3.63) is 65.4 Å². The second kappa shape index (κ2) is 13.0. The number of aliphatic hydroxyl groups is 1. The summed E-state index contributed by atoms with van der Waals surface area (Å²) < 4.78 is 6.02. The molecule has 1 atom stereocenters. The number of carbonyl (C=O) groups is 1. The number of hydrogen-bond donors (Lipinski definition) is 2. The summed E-state index contributed by atoms with van der Waals surface area (Å²) in [4.78, 5) is 16.6. The molecule has 0 spiro atoms. The van der Waals surface area contributed by atoms with Gasteiger partial charge in [0.2, 0.25) is 0 Å². The second-order valence-corrected chi connectivity index (χ2v) is 12.8. The maximum absolute atomic E-state index is 14.4. The zero-order valence-corrected chi connectivity index (χ0v) is 25.9. The van der Waals surface area contributed by atoms with Gasteiger partial charge in [0.25, 0.3) is 5.91 Å². The lowest BCUT2D eigenvalue weighted by molar-refractivity contribution is -0.141. The van der Waals surface area contributed by atoms with E-state index in [1.807, 2.05) is 24.4 Å². The van der Waals surface area contributed by atoms with Gasteiger partial charge in [-0.2, -0.15) is 5.10 Å². The normalized spacial score (nSPS) is 22.2. The quantitative estimate of drug-likeness (QED) is 0.300. The van der Waals surface area contributed by atoms with Gasteiger partial charge in [-0.15, -0.1) is 5.10 Å². The van der Waals surface area contributed by atoms with E-state index in [1.54, 1.807) is 13.8 Å². The van der Waals surface area contributed by atoms with Crippen molar-refractivity contribution in [3.63, 3.8) is 0 Å². The van der Waals surface area contributed by atoms with Crippen LogP contribution in [-0.2, 0) is 16.0 Å². The van der Waals surface area contributed by atoms with Gasteiger partial charge in [-0.25, -0.2) is 10.1 Å². The number of tetrazole rings is 1. The number of nitrogens with one attached hydrogen (secondary N) is 1. The Morgan fingerprint density at radius 2 is 1.80 bits per heavy atom. The Bertz CT molecular complexity index is 1490. The van der Waals surface area contributed by atoms with E-state index in [0.717, 1.165) is 84.9 Å². The van der Waals surface area contributed by atoms with Crippen LogP contribution >= 0.6 is 0 Å². The Kier molecular flexibility index (Phi) is 8.91. The minimum Gasteiger partial charge on any atom is -0.388 e. The standard InChI is InChI=1S/C34H43N7O3/c1-4-5-10-30-29(21-23-11-13-24(14-12-23)27-8-6-7-9-28(27)32-36-38-39-37-32)33(42)40(31-19-20-35-41(30)31)25-15-17-26(18-16-25)44-22-34(2,3)43/h6-9,11-14,20,25-26,31,43H,4-5,10,15-19,21-22H2,1-3H3,(H,36,37,38,39)/t25-,26-,31?. The lowest BCUT2D eigenvalue weighted by Crippen LogP contribution is -2.57. The Morgan fingerprint density at radius 3 is 2.48 bits per heavy atom. The first kappa shape index (κ1) is 30.1. The summed E-state index contributed by atoms with van der Waals surface area (Å²) in [5.74, 6) is 0.776. The summed E-state index contributed by atoms with van der Waals surface area (Å²) >= 11 is 0. The van der Waals surface area contributed by atoms with Crippen molar-refractivity contribution < 1.29 is 14.6 Å². The number of hydrogen-bond acceptors (Lipinski definition) is 8. The molecule has 1 aliphatic carbocycles. The van der Waals surface area contributed by atoms with E-state index in [1.165, 1.54) is 0 Å². The Balaban J connectivity index is 1.24. The van der Waals surface area contributed by atoms with Crippen molar-refractivity contribution in [1.82, 2.24) is 30.5 Å². The summed E-state index contributed by atoms with van der Waals surface area (Å²) in [7, 11) is 0. The van der Waals surface area contributed by atoms with Crippen LogP contribution < -0.4 is 0 Å². The van der Waals surface area contributed by atoms with Crippen LogP contribution in [0.1, 0.15) is 77.7 Å². The minimum atomic E-state index is -0.841. The number of ether oxygens (including phenoxy) is 1. The van der Waals surface area contributed by atoms with Crippen LogP contribution in [-0.4, -0.2) is 78.3 Å². The molecule has 1 amide bonds. The van der Waals surface area contributed by atoms with Gasteiger partial charge in [0.1, 0.15) is 6.17 Å². The van der Waals surface area contributed by atoms with Gasteiger partial charge in [0.15, 0.2) is 5.82 Å². The van der Waals surface area contributed by atoms with Gasteiger partial charge in [0, 0.05) is 41.9 Å². The van der Waals surface area contributed by atoms with Crippen LogP contribution in [0.4, 0.5) is 0 Å². The molecule has 1 saturated carbocycles. The Labute approximate surface area is 259 Å². The molecule has 3 aromatic rings. The maximum Gasteiger partial charge on any atom is 0.253 e. The second-order valence-electron chi connectivity index (χ2n) is 12.8. The van der Waals surface area contributed by atoms with Crippen molar-refractivity contribution in [2.24, 2.45) is 5.10 Å². The lowest BCUT2D eigenvalue weighted by atomic mass is 9.88. The highest BCUT2D eigenvalue weighted by Gasteiger charge is 2.44. The number of unbranched alkanes of at least 4 members (excludes halogenated alkanes) is 1. The van der Waals surface area contributed by atoms with E-state index in [4.69, 9.17) is 9.84 Å². The van der Waals surface area contributed by atoms with Crippen molar-refractivity contribution in [2.75, 3.05) is 6.61 Å². The monoisotopic (exact) mass is 597 g/mol. The Morgan fingerprint density at radius 1 is 1.05 bits per heavy atom. The van der Waals surface area contributed by atoms with E-state index in [-0.39, 0.29) is 24.2 Å². The molecule has 6 rings (SSSR count). The van der Waals surface area contributed by atoms with Crippen molar-refractivity contribution in [1.29, 1.82) is 0 Å². The third-order valence-corrected chi connectivity index (χ3v) is 8.89. The zero-order valence-electron chi connectivity index (χ0n) is 25.9. The van der Waals surface area contributed by atoms with Crippen LogP contribution in [0.3, 0.4) is 0 Å².